The average molecular weight is 236 g/mol. The Labute approximate surface area is 99.9 Å². The Morgan fingerprint density at radius 2 is 2.18 bits per heavy atom. The highest BCUT2D eigenvalue weighted by molar-refractivity contribution is 5.32. The molecule has 0 bridgehead atoms. The van der Waals surface area contributed by atoms with E-state index in [1.165, 1.54) is 25.0 Å². The van der Waals surface area contributed by atoms with Gasteiger partial charge in [0.15, 0.2) is 0 Å². The van der Waals surface area contributed by atoms with Crippen LogP contribution in [0.25, 0.3) is 0 Å². The fourth-order valence-corrected chi connectivity index (χ4v) is 1.93. The van der Waals surface area contributed by atoms with E-state index in [4.69, 9.17) is 4.74 Å². The van der Waals surface area contributed by atoms with Crippen molar-refractivity contribution in [1.82, 2.24) is 5.32 Å². The molecule has 1 atom stereocenters. The summed E-state index contributed by atoms with van der Waals surface area (Å²) >= 11 is 0. The van der Waals surface area contributed by atoms with Crippen molar-refractivity contribution in [3.05, 3.63) is 39.9 Å². The summed E-state index contributed by atoms with van der Waals surface area (Å²) in [5, 5.41) is 13.8. The number of nitro benzene ring substituents is 1. The number of nitrogens with one attached hydrogen (secondary N) is 1. The van der Waals surface area contributed by atoms with Crippen molar-refractivity contribution in [2.75, 3.05) is 13.2 Å². The van der Waals surface area contributed by atoms with Gasteiger partial charge in [0.2, 0.25) is 0 Å². The fourth-order valence-electron chi connectivity index (χ4n) is 1.93. The van der Waals surface area contributed by atoms with Crippen LogP contribution >= 0.6 is 0 Å². The minimum absolute atomic E-state index is 0.117. The highest BCUT2D eigenvalue weighted by Crippen LogP contribution is 2.13. The molecule has 1 unspecified atom stereocenters. The largest absolute Gasteiger partial charge is 0.375 e. The van der Waals surface area contributed by atoms with E-state index in [-0.39, 0.29) is 5.69 Å². The predicted molar refractivity (Wildman–Crippen MR) is 63.8 cm³/mol. The number of hydrogen-bond donors (Lipinski definition) is 1. The van der Waals surface area contributed by atoms with Crippen molar-refractivity contribution >= 4 is 5.69 Å². The van der Waals surface area contributed by atoms with Gasteiger partial charge in [-0.25, -0.2) is 0 Å². The van der Waals surface area contributed by atoms with Crippen molar-refractivity contribution in [2.45, 2.75) is 25.5 Å². The van der Waals surface area contributed by atoms with Gasteiger partial charge in [0.25, 0.3) is 5.69 Å². The number of nitrogens with zero attached hydrogens (tertiary/aromatic N) is 1. The van der Waals surface area contributed by atoms with Crippen molar-refractivity contribution in [3.8, 4) is 0 Å². The normalized spacial score (nSPS) is 19.4. The lowest BCUT2D eigenvalue weighted by molar-refractivity contribution is -0.384. The predicted octanol–water partition coefficient (Wildman–Crippen LogP) is 1.86. The second-order valence-corrected chi connectivity index (χ2v) is 4.23. The average Bonchev–Trinajstić information content (AvgIpc) is 2.83. The Morgan fingerprint density at radius 3 is 2.76 bits per heavy atom. The summed E-state index contributed by atoms with van der Waals surface area (Å²) in [7, 11) is 0. The molecule has 2 rings (SSSR count). The van der Waals surface area contributed by atoms with Crippen LogP contribution in [0.5, 0.6) is 0 Å². The second-order valence-electron chi connectivity index (χ2n) is 4.23. The monoisotopic (exact) mass is 236 g/mol. The molecule has 17 heavy (non-hydrogen) atoms. The number of benzene rings is 1. The van der Waals surface area contributed by atoms with Crippen LogP contribution in [0.15, 0.2) is 24.3 Å². The molecular weight excluding hydrogens is 220 g/mol. The summed E-state index contributed by atoms with van der Waals surface area (Å²) in [5.74, 6) is 0. The van der Waals surface area contributed by atoms with E-state index in [9.17, 15) is 10.1 Å². The van der Waals surface area contributed by atoms with Gasteiger partial charge < -0.3 is 10.1 Å². The molecular formula is C12H16N2O3. The summed E-state index contributed by atoms with van der Waals surface area (Å²) in [6.45, 7) is 2.29. The fraction of sp³-hybridized carbons (Fsp3) is 0.500. The molecule has 0 spiro atoms. The van der Waals surface area contributed by atoms with Gasteiger partial charge in [0, 0.05) is 18.2 Å². The van der Waals surface area contributed by atoms with Gasteiger partial charge in [-0.3, -0.25) is 10.1 Å². The number of hydrogen-bond acceptors (Lipinski definition) is 4. The summed E-state index contributed by atoms with van der Waals surface area (Å²) in [6.07, 6.45) is 2.38. The summed E-state index contributed by atoms with van der Waals surface area (Å²) < 4.78 is 5.57. The smallest absolute Gasteiger partial charge is 0.269 e. The number of ether oxygens (including phenoxy) is 1. The quantitative estimate of drug-likeness (QED) is 0.626. The SMILES string of the molecule is O=[N+]([O-])c1ccc(COCC2CCCN2)cc1. The van der Waals surface area contributed by atoms with Gasteiger partial charge >= 0.3 is 0 Å². The molecule has 1 saturated heterocycles. The Kier molecular flexibility index (Phi) is 4.06. The van der Waals surface area contributed by atoms with Gasteiger partial charge in [-0.05, 0) is 37.1 Å². The van der Waals surface area contributed by atoms with Crippen LogP contribution in [0.3, 0.4) is 0 Å². The van der Waals surface area contributed by atoms with Crippen LogP contribution in [-0.2, 0) is 11.3 Å². The third-order valence-electron chi connectivity index (χ3n) is 2.90. The lowest BCUT2D eigenvalue weighted by Crippen LogP contribution is -2.26. The van der Waals surface area contributed by atoms with Crippen molar-refractivity contribution in [3.63, 3.8) is 0 Å². The van der Waals surface area contributed by atoms with E-state index in [1.807, 2.05) is 0 Å². The lowest BCUT2D eigenvalue weighted by atomic mass is 10.2. The molecule has 0 radical (unpaired) electrons. The molecule has 1 aromatic carbocycles. The Morgan fingerprint density at radius 1 is 1.41 bits per heavy atom. The zero-order chi connectivity index (χ0) is 12.1. The van der Waals surface area contributed by atoms with Gasteiger partial charge in [0.05, 0.1) is 18.1 Å². The van der Waals surface area contributed by atoms with E-state index >= 15 is 0 Å². The molecule has 1 N–H and O–H groups in total. The molecule has 1 aromatic rings. The minimum Gasteiger partial charge on any atom is -0.375 e. The molecule has 92 valence electrons. The molecule has 0 aromatic heterocycles. The Bertz CT molecular complexity index is 372. The molecule has 0 amide bonds. The first-order valence-electron chi connectivity index (χ1n) is 5.80. The van der Waals surface area contributed by atoms with Gasteiger partial charge in [0.1, 0.15) is 0 Å². The Balaban J connectivity index is 1.76. The molecule has 0 aliphatic carbocycles. The van der Waals surface area contributed by atoms with E-state index < -0.39 is 4.92 Å². The van der Waals surface area contributed by atoms with Crippen LogP contribution < -0.4 is 5.32 Å². The van der Waals surface area contributed by atoms with Gasteiger partial charge in [-0.2, -0.15) is 0 Å². The van der Waals surface area contributed by atoms with Crippen LogP contribution in [0.4, 0.5) is 5.69 Å². The third-order valence-corrected chi connectivity index (χ3v) is 2.90. The standard InChI is InChI=1S/C12H16N2O3/c15-14(16)12-5-3-10(4-6-12)8-17-9-11-2-1-7-13-11/h3-6,11,13H,1-2,7-9H2. The van der Waals surface area contributed by atoms with Crippen LogP contribution in [-0.4, -0.2) is 24.1 Å². The molecule has 1 fully saturated rings. The molecule has 5 heteroatoms. The first-order chi connectivity index (χ1) is 8.25. The number of rotatable bonds is 5. The summed E-state index contributed by atoms with van der Waals surface area (Å²) in [6, 6.07) is 6.95. The zero-order valence-electron chi connectivity index (χ0n) is 9.59. The maximum absolute atomic E-state index is 10.5. The number of nitro groups is 1. The topological polar surface area (TPSA) is 64.4 Å². The van der Waals surface area contributed by atoms with Crippen molar-refractivity contribution in [2.24, 2.45) is 0 Å². The second kappa shape index (κ2) is 5.75. The lowest BCUT2D eigenvalue weighted by Gasteiger charge is -2.10. The minimum atomic E-state index is -0.396. The first-order valence-corrected chi connectivity index (χ1v) is 5.80. The van der Waals surface area contributed by atoms with Gasteiger partial charge in [-0.1, -0.05) is 0 Å². The molecule has 5 nitrogen and oxygen atoms in total. The van der Waals surface area contributed by atoms with Crippen LogP contribution in [0, 0.1) is 10.1 Å². The maximum Gasteiger partial charge on any atom is 0.269 e. The molecule has 1 aliphatic rings. The molecule has 0 saturated carbocycles. The van der Waals surface area contributed by atoms with E-state index in [2.05, 4.69) is 5.32 Å². The third kappa shape index (κ3) is 3.51. The first kappa shape index (κ1) is 12.0. The van der Waals surface area contributed by atoms with Gasteiger partial charge in [-0.15, -0.1) is 0 Å². The van der Waals surface area contributed by atoms with Crippen molar-refractivity contribution in [1.29, 1.82) is 0 Å². The number of non-ortho nitro benzene ring substituents is 1. The summed E-state index contributed by atoms with van der Waals surface area (Å²) in [5.41, 5.74) is 1.08. The Hall–Kier alpha value is -1.46. The van der Waals surface area contributed by atoms with Crippen molar-refractivity contribution < 1.29 is 9.66 Å². The highest BCUT2D eigenvalue weighted by Gasteiger charge is 2.13. The van der Waals surface area contributed by atoms with E-state index in [1.54, 1.807) is 12.1 Å². The highest BCUT2D eigenvalue weighted by atomic mass is 16.6. The molecule has 1 heterocycles. The molecule has 1 aliphatic heterocycles. The summed E-state index contributed by atoms with van der Waals surface area (Å²) in [4.78, 5) is 10.1. The van der Waals surface area contributed by atoms with Crippen LogP contribution in [0.2, 0.25) is 0 Å². The zero-order valence-corrected chi connectivity index (χ0v) is 9.59. The van der Waals surface area contributed by atoms with E-state index in [0.717, 1.165) is 12.1 Å². The van der Waals surface area contributed by atoms with E-state index in [0.29, 0.717) is 19.3 Å². The van der Waals surface area contributed by atoms with Crippen LogP contribution in [0.1, 0.15) is 18.4 Å². The maximum atomic E-state index is 10.5.